The van der Waals surface area contributed by atoms with E-state index >= 15 is 0 Å². The zero-order valence-electron chi connectivity index (χ0n) is 9.53. The van der Waals surface area contributed by atoms with E-state index in [9.17, 15) is 9.59 Å². The maximum absolute atomic E-state index is 11.7. The molecule has 0 atom stereocenters. The van der Waals surface area contributed by atoms with E-state index < -0.39 is 5.91 Å². The number of aryl methyl sites for hydroxylation is 1. The van der Waals surface area contributed by atoms with Gasteiger partial charge in [0, 0.05) is 23.9 Å². The molecule has 0 bridgehead atoms. The number of H-pyrrole nitrogens is 1. The van der Waals surface area contributed by atoms with Crippen LogP contribution in [0.1, 0.15) is 21.0 Å². The Bertz CT molecular complexity index is 587. The maximum Gasteiger partial charge on any atom is 0.286 e. The number of hydrazine groups is 1. The number of halogens is 1. The van der Waals surface area contributed by atoms with Gasteiger partial charge in [0.1, 0.15) is 11.4 Å². The molecule has 18 heavy (non-hydrogen) atoms. The summed E-state index contributed by atoms with van der Waals surface area (Å²) in [4.78, 5) is 26.1. The first-order chi connectivity index (χ1) is 8.58. The molecule has 2 aromatic rings. The van der Waals surface area contributed by atoms with Gasteiger partial charge in [-0.15, -0.1) is 0 Å². The van der Waals surface area contributed by atoms with E-state index in [-0.39, 0.29) is 5.91 Å². The molecule has 94 valence electrons. The predicted octanol–water partition coefficient (Wildman–Crippen LogP) is 1.19. The summed E-state index contributed by atoms with van der Waals surface area (Å²) in [7, 11) is 1.75. The minimum absolute atomic E-state index is 0.356. The lowest BCUT2D eigenvalue weighted by molar-refractivity contribution is 0.0840. The normalized spacial score (nSPS) is 10.1. The molecular formula is C11H11BrN4O2. The smallest absolute Gasteiger partial charge is 0.286 e. The maximum atomic E-state index is 11.7. The molecule has 0 aliphatic carbocycles. The molecule has 2 aromatic heterocycles. The first-order valence-corrected chi connectivity index (χ1v) is 5.93. The predicted molar refractivity (Wildman–Crippen MR) is 68.8 cm³/mol. The third-order valence-corrected chi connectivity index (χ3v) is 2.82. The molecular weight excluding hydrogens is 300 g/mol. The summed E-state index contributed by atoms with van der Waals surface area (Å²) >= 11 is 3.22. The highest BCUT2D eigenvalue weighted by atomic mass is 79.9. The highest BCUT2D eigenvalue weighted by molar-refractivity contribution is 9.10. The second-order valence-corrected chi connectivity index (χ2v) is 4.56. The fourth-order valence-corrected chi connectivity index (χ4v) is 1.78. The number of carbonyl (C=O) groups is 2. The molecule has 0 spiro atoms. The second kappa shape index (κ2) is 5.09. The van der Waals surface area contributed by atoms with Crippen molar-refractivity contribution >= 4 is 27.7 Å². The second-order valence-electron chi connectivity index (χ2n) is 3.64. The molecule has 0 saturated heterocycles. The standard InChI is InChI=1S/C11H11BrN4O2/c1-16-4-2-3-9(16)11(18)15-14-10(17)8-5-7(12)6-13-8/h2-6,13H,1H3,(H,14,17)(H,15,18). The summed E-state index contributed by atoms with van der Waals surface area (Å²) in [6, 6.07) is 5.02. The molecule has 7 heteroatoms. The van der Waals surface area contributed by atoms with E-state index in [1.165, 1.54) is 0 Å². The fraction of sp³-hybridized carbons (Fsp3) is 0.0909. The molecule has 3 N–H and O–H groups in total. The van der Waals surface area contributed by atoms with Crippen LogP contribution in [-0.2, 0) is 7.05 Å². The van der Waals surface area contributed by atoms with Crippen LogP contribution in [0.15, 0.2) is 35.1 Å². The lowest BCUT2D eigenvalue weighted by atomic mass is 10.4. The number of hydrogen-bond acceptors (Lipinski definition) is 2. The van der Waals surface area contributed by atoms with Gasteiger partial charge in [-0.1, -0.05) is 0 Å². The fourth-order valence-electron chi connectivity index (χ4n) is 1.44. The SMILES string of the molecule is Cn1cccc1C(=O)NNC(=O)c1cc(Br)c[nH]1. The molecule has 0 saturated carbocycles. The Balaban J connectivity index is 1.94. The van der Waals surface area contributed by atoms with Gasteiger partial charge in [-0.3, -0.25) is 20.4 Å². The number of amides is 2. The van der Waals surface area contributed by atoms with Gasteiger partial charge in [-0.25, -0.2) is 0 Å². The van der Waals surface area contributed by atoms with Crippen LogP contribution in [0, 0.1) is 0 Å². The highest BCUT2D eigenvalue weighted by Gasteiger charge is 2.11. The summed E-state index contributed by atoms with van der Waals surface area (Å²) in [5.41, 5.74) is 5.48. The lowest BCUT2D eigenvalue weighted by Gasteiger charge is -2.06. The number of nitrogens with one attached hydrogen (secondary N) is 3. The average Bonchev–Trinajstić information content (AvgIpc) is 2.94. The number of rotatable bonds is 2. The molecule has 0 aliphatic rings. The van der Waals surface area contributed by atoms with Crippen molar-refractivity contribution in [2.24, 2.45) is 7.05 Å². The Hall–Kier alpha value is -2.02. The summed E-state index contributed by atoms with van der Waals surface area (Å²) in [6.45, 7) is 0. The Morgan fingerprint density at radius 2 is 2.06 bits per heavy atom. The zero-order valence-corrected chi connectivity index (χ0v) is 11.1. The number of carbonyl (C=O) groups excluding carboxylic acids is 2. The minimum Gasteiger partial charge on any atom is -0.356 e. The Labute approximate surface area is 111 Å². The van der Waals surface area contributed by atoms with Crippen molar-refractivity contribution in [1.29, 1.82) is 0 Å². The van der Waals surface area contributed by atoms with Crippen LogP contribution in [0.3, 0.4) is 0 Å². The van der Waals surface area contributed by atoms with Crippen molar-refractivity contribution < 1.29 is 9.59 Å². The molecule has 0 fully saturated rings. The van der Waals surface area contributed by atoms with E-state index in [1.54, 1.807) is 42.2 Å². The van der Waals surface area contributed by atoms with E-state index in [0.717, 1.165) is 4.47 Å². The lowest BCUT2D eigenvalue weighted by Crippen LogP contribution is -2.42. The number of aromatic amines is 1. The van der Waals surface area contributed by atoms with Crippen LogP contribution >= 0.6 is 15.9 Å². The van der Waals surface area contributed by atoms with Gasteiger partial charge in [0.15, 0.2) is 0 Å². The average molecular weight is 311 g/mol. The number of nitrogens with zero attached hydrogens (tertiary/aromatic N) is 1. The van der Waals surface area contributed by atoms with Gasteiger partial charge < -0.3 is 9.55 Å². The topological polar surface area (TPSA) is 78.9 Å². The van der Waals surface area contributed by atoms with Gasteiger partial charge in [0.05, 0.1) is 0 Å². The van der Waals surface area contributed by atoms with E-state index in [1.807, 2.05) is 0 Å². The van der Waals surface area contributed by atoms with Gasteiger partial charge in [-0.05, 0) is 34.1 Å². The van der Waals surface area contributed by atoms with E-state index in [2.05, 4.69) is 31.8 Å². The quantitative estimate of drug-likeness (QED) is 0.729. The highest BCUT2D eigenvalue weighted by Crippen LogP contribution is 2.09. The first-order valence-electron chi connectivity index (χ1n) is 5.14. The number of hydrogen-bond donors (Lipinski definition) is 3. The van der Waals surface area contributed by atoms with Crippen molar-refractivity contribution in [3.8, 4) is 0 Å². The van der Waals surface area contributed by atoms with Crippen molar-refractivity contribution in [3.63, 3.8) is 0 Å². The monoisotopic (exact) mass is 310 g/mol. The Kier molecular flexibility index (Phi) is 3.52. The Morgan fingerprint density at radius 3 is 2.61 bits per heavy atom. The van der Waals surface area contributed by atoms with E-state index in [0.29, 0.717) is 11.4 Å². The van der Waals surface area contributed by atoms with Crippen molar-refractivity contribution in [1.82, 2.24) is 20.4 Å². The summed E-state index contributed by atoms with van der Waals surface area (Å²) in [5.74, 6) is -0.787. The summed E-state index contributed by atoms with van der Waals surface area (Å²) in [6.07, 6.45) is 3.38. The molecule has 0 radical (unpaired) electrons. The largest absolute Gasteiger partial charge is 0.356 e. The summed E-state index contributed by atoms with van der Waals surface area (Å²) in [5, 5.41) is 0. The van der Waals surface area contributed by atoms with Gasteiger partial charge in [0.25, 0.3) is 11.8 Å². The molecule has 0 unspecified atom stereocenters. The zero-order chi connectivity index (χ0) is 13.1. The van der Waals surface area contributed by atoms with Crippen LogP contribution in [0.25, 0.3) is 0 Å². The molecule has 2 heterocycles. The summed E-state index contributed by atoms with van der Waals surface area (Å²) < 4.78 is 2.42. The van der Waals surface area contributed by atoms with Crippen molar-refractivity contribution in [2.75, 3.05) is 0 Å². The molecule has 2 amide bonds. The van der Waals surface area contributed by atoms with Crippen molar-refractivity contribution in [2.45, 2.75) is 0 Å². The van der Waals surface area contributed by atoms with Gasteiger partial charge >= 0.3 is 0 Å². The van der Waals surface area contributed by atoms with Crippen LogP contribution in [0.4, 0.5) is 0 Å². The Morgan fingerprint density at radius 1 is 1.33 bits per heavy atom. The first kappa shape index (κ1) is 12.4. The van der Waals surface area contributed by atoms with Gasteiger partial charge in [-0.2, -0.15) is 0 Å². The molecule has 0 aromatic carbocycles. The molecule has 6 nitrogen and oxygen atoms in total. The molecule has 0 aliphatic heterocycles. The van der Waals surface area contributed by atoms with Crippen LogP contribution in [0.5, 0.6) is 0 Å². The number of aromatic nitrogens is 2. The third kappa shape index (κ3) is 2.62. The molecule has 2 rings (SSSR count). The van der Waals surface area contributed by atoms with Crippen LogP contribution < -0.4 is 10.9 Å². The van der Waals surface area contributed by atoms with Crippen LogP contribution in [-0.4, -0.2) is 21.4 Å². The van der Waals surface area contributed by atoms with Crippen molar-refractivity contribution in [3.05, 3.63) is 46.5 Å². The van der Waals surface area contributed by atoms with Crippen LogP contribution in [0.2, 0.25) is 0 Å². The van der Waals surface area contributed by atoms with Gasteiger partial charge in [0.2, 0.25) is 0 Å². The third-order valence-electron chi connectivity index (χ3n) is 2.36. The van der Waals surface area contributed by atoms with E-state index in [4.69, 9.17) is 0 Å². The minimum atomic E-state index is -0.414.